The SMILES string of the molecule is CC(C)(C)O.Cc1ccc2c(c1)-c1cccc(c1)-c1cn3c(c(CC(=O)O)c(C)c(C)c3n1)N1CCC(C)(CC1)OCCOCCO2. The first-order valence-electron chi connectivity index (χ1n) is 16.5. The van der Waals surface area contributed by atoms with Crippen LogP contribution in [0.1, 0.15) is 62.8 Å². The molecular weight excluding hydrogens is 594 g/mol. The number of piperidine rings is 1. The Labute approximate surface area is 278 Å². The number of carboxylic acid groups (broad SMARTS) is 1. The van der Waals surface area contributed by atoms with Crippen LogP contribution in [0.4, 0.5) is 5.82 Å². The quantitative estimate of drug-likeness (QED) is 0.230. The summed E-state index contributed by atoms with van der Waals surface area (Å²) in [5.74, 6) is 0.889. The maximum atomic E-state index is 12.0. The number of aliphatic carboxylic acids is 1. The van der Waals surface area contributed by atoms with Gasteiger partial charge in [-0.25, -0.2) is 4.98 Å². The van der Waals surface area contributed by atoms with E-state index in [0.717, 1.165) is 87.8 Å². The summed E-state index contributed by atoms with van der Waals surface area (Å²) in [6.45, 7) is 17.0. The highest BCUT2D eigenvalue weighted by atomic mass is 16.6. The smallest absolute Gasteiger partial charge is 0.307 e. The number of rotatable bonds is 2. The Morgan fingerprint density at radius 3 is 2.34 bits per heavy atom. The Morgan fingerprint density at radius 2 is 1.64 bits per heavy atom. The summed E-state index contributed by atoms with van der Waals surface area (Å²) >= 11 is 0. The van der Waals surface area contributed by atoms with E-state index in [-0.39, 0.29) is 12.0 Å². The Bertz CT molecular complexity index is 1720. The van der Waals surface area contributed by atoms with Gasteiger partial charge in [0.1, 0.15) is 23.8 Å². The van der Waals surface area contributed by atoms with Crippen molar-refractivity contribution in [3.8, 4) is 28.1 Å². The molecule has 47 heavy (non-hydrogen) atoms. The number of fused-ring (bicyclic) bond motifs is 8. The molecule has 0 unspecified atom stereocenters. The summed E-state index contributed by atoms with van der Waals surface area (Å²) in [6, 6.07) is 14.6. The van der Waals surface area contributed by atoms with Crippen LogP contribution in [0.15, 0.2) is 48.7 Å². The lowest BCUT2D eigenvalue weighted by Gasteiger charge is -2.41. The second-order valence-electron chi connectivity index (χ2n) is 13.9. The summed E-state index contributed by atoms with van der Waals surface area (Å²) in [5, 5.41) is 18.4. The first-order chi connectivity index (χ1) is 22.2. The van der Waals surface area contributed by atoms with Gasteiger partial charge < -0.3 is 29.3 Å². The Hall–Kier alpha value is -3.92. The number of aryl methyl sites for hydroxylation is 2. The average Bonchev–Trinajstić information content (AvgIpc) is 3.45. The van der Waals surface area contributed by atoms with Crippen molar-refractivity contribution in [3.63, 3.8) is 0 Å². The zero-order chi connectivity index (χ0) is 33.9. The predicted octanol–water partition coefficient (Wildman–Crippen LogP) is 6.78. The van der Waals surface area contributed by atoms with Gasteiger partial charge in [0, 0.05) is 36.0 Å². The fraction of sp³-hybridized carbons (Fsp3) is 0.474. The summed E-state index contributed by atoms with van der Waals surface area (Å²) in [4.78, 5) is 19.5. The highest BCUT2D eigenvalue weighted by Gasteiger charge is 2.33. The van der Waals surface area contributed by atoms with Crippen molar-refractivity contribution in [3.05, 3.63) is 70.9 Å². The van der Waals surface area contributed by atoms with Crippen molar-refractivity contribution in [2.24, 2.45) is 0 Å². The van der Waals surface area contributed by atoms with E-state index in [2.05, 4.69) is 65.7 Å². The highest BCUT2D eigenvalue weighted by molar-refractivity contribution is 5.79. The second-order valence-corrected chi connectivity index (χ2v) is 13.9. The number of aromatic nitrogens is 2. The summed E-state index contributed by atoms with van der Waals surface area (Å²) < 4.78 is 20.5. The van der Waals surface area contributed by atoms with Crippen LogP contribution in [-0.2, 0) is 20.7 Å². The van der Waals surface area contributed by atoms with Crippen molar-refractivity contribution in [1.82, 2.24) is 9.38 Å². The Balaban J connectivity index is 0.000000807. The van der Waals surface area contributed by atoms with E-state index in [1.807, 2.05) is 19.9 Å². The predicted molar refractivity (Wildman–Crippen MR) is 186 cm³/mol. The molecule has 0 amide bonds. The van der Waals surface area contributed by atoms with Crippen molar-refractivity contribution in [1.29, 1.82) is 0 Å². The third-order valence-corrected chi connectivity index (χ3v) is 8.77. The number of carboxylic acids is 1. The number of carbonyl (C=O) groups is 1. The number of hydrogen-bond donors (Lipinski definition) is 2. The Morgan fingerprint density at radius 1 is 0.957 bits per heavy atom. The van der Waals surface area contributed by atoms with Crippen LogP contribution in [0.25, 0.3) is 28.0 Å². The van der Waals surface area contributed by atoms with Crippen molar-refractivity contribution < 1.29 is 29.2 Å². The minimum absolute atomic E-state index is 0.0430. The van der Waals surface area contributed by atoms with Crippen molar-refractivity contribution in [2.75, 3.05) is 44.4 Å². The summed E-state index contributed by atoms with van der Waals surface area (Å²) in [6.07, 6.45) is 3.68. The van der Waals surface area contributed by atoms with Gasteiger partial charge in [-0.15, -0.1) is 0 Å². The van der Waals surface area contributed by atoms with E-state index in [9.17, 15) is 9.90 Å². The number of aliphatic hydroxyl groups is 1. The van der Waals surface area contributed by atoms with Crippen LogP contribution in [0, 0.1) is 20.8 Å². The lowest BCUT2D eigenvalue weighted by atomic mass is 9.92. The first kappa shape index (κ1) is 34.4. The molecule has 252 valence electrons. The molecular formula is C38H49N3O6. The first-order valence-corrected chi connectivity index (χ1v) is 16.5. The normalized spacial score (nSPS) is 16.6. The largest absolute Gasteiger partial charge is 0.491 e. The van der Waals surface area contributed by atoms with Gasteiger partial charge in [-0.1, -0.05) is 29.8 Å². The van der Waals surface area contributed by atoms with Crippen molar-refractivity contribution in [2.45, 2.75) is 78.9 Å². The van der Waals surface area contributed by atoms with Gasteiger partial charge in [0.25, 0.3) is 0 Å². The molecule has 1 fully saturated rings. The number of ether oxygens (including phenoxy) is 3. The number of hydrogen-bond acceptors (Lipinski definition) is 7. The van der Waals surface area contributed by atoms with Gasteiger partial charge in [-0.05, 0) is 96.2 Å². The van der Waals surface area contributed by atoms with Gasteiger partial charge in [-0.2, -0.15) is 0 Å². The molecule has 5 heterocycles. The molecule has 0 spiro atoms. The molecule has 0 saturated carbocycles. The minimum Gasteiger partial charge on any atom is -0.491 e. The lowest BCUT2D eigenvalue weighted by molar-refractivity contribution is -0.136. The zero-order valence-corrected chi connectivity index (χ0v) is 28.9. The maximum absolute atomic E-state index is 12.0. The molecule has 6 bridgehead atoms. The third-order valence-electron chi connectivity index (χ3n) is 8.77. The maximum Gasteiger partial charge on any atom is 0.307 e. The van der Waals surface area contributed by atoms with Crippen LogP contribution in [0.3, 0.4) is 0 Å². The number of pyridine rings is 1. The fourth-order valence-corrected chi connectivity index (χ4v) is 6.20. The van der Waals surface area contributed by atoms with Crippen LogP contribution >= 0.6 is 0 Å². The number of nitrogens with zero attached hydrogens (tertiary/aromatic N) is 3. The van der Waals surface area contributed by atoms with E-state index in [1.54, 1.807) is 20.8 Å². The Kier molecular flexibility index (Phi) is 10.3. The molecule has 2 aromatic heterocycles. The van der Waals surface area contributed by atoms with E-state index in [0.29, 0.717) is 26.4 Å². The molecule has 9 nitrogen and oxygen atoms in total. The number of benzene rings is 2. The molecule has 3 aliphatic rings. The van der Waals surface area contributed by atoms with Gasteiger partial charge in [0.15, 0.2) is 0 Å². The van der Waals surface area contributed by atoms with E-state index >= 15 is 0 Å². The van der Waals surface area contributed by atoms with E-state index < -0.39 is 11.6 Å². The lowest BCUT2D eigenvalue weighted by Crippen LogP contribution is -2.45. The van der Waals surface area contributed by atoms with Gasteiger partial charge >= 0.3 is 5.97 Å². The molecule has 9 heteroatoms. The molecule has 0 atom stereocenters. The second kappa shape index (κ2) is 14.1. The summed E-state index contributed by atoms with van der Waals surface area (Å²) in [7, 11) is 0. The number of anilines is 1. The molecule has 4 aromatic rings. The average molecular weight is 644 g/mol. The molecule has 0 aliphatic carbocycles. The molecule has 0 radical (unpaired) electrons. The van der Waals surface area contributed by atoms with Crippen molar-refractivity contribution >= 4 is 17.4 Å². The van der Waals surface area contributed by atoms with E-state index in [4.69, 9.17) is 24.3 Å². The molecule has 1 saturated heterocycles. The zero-order valence-electron chi connectivity index (χ0n) is 28.9. The van der Waals surface area contributed by atoms with Gasteiger partial charge in [0.2, 0.25) is 0 Å². The van der Waals surface area contributed by atoms with Gasteiger partial charge in [0.05, 0.1) is 43.1 Å². The highest BCUT2D eigenvalue weighted by Crippen LogP contribution is 2.38. The molecule has 7 rings (SSSR count). The van der Waals surface area contributed by atoms with Crippen LogP contribution < -0.4 is 9.64 Å². The molecule has 3 aliphatic heterocycles. The molecule has 2 N–H and O–H groups in total. The monoisotopic (exact) mass is 643 g/mol. The van der Waals surface area contributed by atoms with Crippen LogP contribution in [0.2, 0.25) is 0 Å². The third kappa shape index (κ3) is 8.33. The summed E-state index contributed by atoms with van der Waals surface area (Å²) in [5.41, 5.74) is 7.95. The standard InChI is InChI=1S/C34H39N3O5.C4H10O/c1-22-8-9-30-28(18-22)25-6-5-7-26(19-25)29-21-37-32(35-29)24(3)23(2)27(20-31(38)39)33(37)36-12-10-34(4,11-13-36)42-17-15-40-14-16-41-30;1-4(2,3)5/h5-9,18-19,21H,10-17,20H2,1-4H3,(H,38,39);5H,1-3H3. The molecule has 2 aromatic carbocycles. The topological polar surface area (TPSA) is 106 Å². The number of imidazole rings is 1. The minimum atomic E-state index is -0.839. The fourth-order valence-electron chi connectivity index (χ4n) is 6.20. The van der Waals surface area contributed by atoms with E-state index in [1.165, 1.54) is 0 Å². The van der Waals surface area contributed by atoms with Crippen LogP contribution in [0.5, 0.6) is 5.75 Å². The van der Waals surface area contributed by atoms with Gasteiger partial charge in [-0.3, -0.25) is 9.20 Å². The van der Waals surface area contributed by atoms with Crippen LogP contribution in [-0.4, -0.2) is 76.3 Å².